The molecule has 2 amide bonds. The Balaban J connectivity index is 1.78. The monoisotopic (exact) mass is 288 g/mol. The lowest BCUT2D eigenvalue weighted by Crippen LogP contribution is -2.44. The molecule has 1 saturated carbocycles. The van der Waals surface area contributed by atoms with Gasteiger partial charge in [0.05, 0.1) is 5.69 Å². The molecule has 0 radical (unpaired) electrons. The van der Waals surface area contributed by atoms with Crippen LogP contribution in [0.25, 0.3) is 0 Å². The fourth-order valence-electron chi connectivity index (χ4n) is 3.47. The topological polar surface area (TPSA) is 67.2 Å². The standard InChI is InChI=1S/C15H20N4O2/c1-18-13(20)5-4-12(15(18)21)19-11-6-7-16-8-10(11)17-14(19)9-2-3-9/h9,12,16H,2-8H2,1H3. The minimum Gasteiger partial charge on any atom is -0.319 e. The molecule has 3 aliphatic rings. The summed E-state index contributed by atoms with van der Waals surface area (Å²) in [6.07, 6.45) is 4.30. The Hall–Kier alpha value is -1.69. The summed E-state index contributed by atoms with van der Waals surface area (Å²) in [5.41, 5.74) is 2.30. The van der Waals surface area contributed by atoms with E-state index < -0.39 is 0 Å². The second-order valence-corrected chi connectivity index (χ2v) is 6.28. The van der Waals surface area contributed by atoms with Gasteiger partial charge in [0.2, 0.25) is 5.91 Å². The molecule has 1 N–H and O–H groups in total. The van der Waals surface area contributed by atoms with Crippen LogP contribution in [0.1, 0.15) is 54.9 Å². The number of amides is 2. The number of carbonyl (C=O) groups is 2. The van der Waals surface area contributed by atoms with Gasteiger partial charge < -0.3 is 9.88 Å². The number of imide groups is 1. The van der Waals surface area contributed by atoms with Crippen LogP contribution in [0.15, 0.2) is 0 Å². The van der Waals surface area contributed by atoms with Gasteiger partial charge in [0.1, 0.15) is 11.9 Å². The first kappa shape index (κ1) is 13.0. The number of rotatable bonds is 2. The Bertz CT molecular complexity index is 617. The van der Waals surface area contributed by atoms with E-state index in [0.29, 0.717) is 18.8 Å². The molecule has 4 rings (SSSR count). The van der Waals surface area contributed by atoms with Crippen molar-refractivity contribution in [3.63, 3.8) is 0 Å². The predicted octanol–water partition coefficient (Wildman–Crippen LogP) is 0.726. The van der Waals surface area contributed by atoms with E-state index in [0.717, 1.165) is 31.0 Å². The fourth-order valence-corrected chi connectivity index (χ4v) is 3.47. The Labute approximate surface area is 123 Å². The minimum atomic E-state index is -0.238. The maximum absolute atomic E-state index is 12.6. The summed E-state index contributed by atoms with van der Waals surface area (Å²) in [4.78, 5) is 30.4. The van der Waals surface area contributed by atoms with Gasteiger partial charge in [0, 0.05) is 44.6 Å². The molecular weight excluding hydrogens is 268 g/mol. The van der Waals surface area contributed by atoms with E-state index >= 15 is 0 Å². The Morgan fingerprint density at radius 3 is 2.76 bits per heavy atom. The maximum atomic E-state index is 12.6. The second-order valence-electron chi connectivity index (χ2n) is 6.28. The first-order valence-electron chi connectivity index (χ1n) is 7.78. The van der Waals surface area contributed by atoms with Crippen LogP contribution >= 0.6 is 0 Å². The van der Waals surface area contributed by atoms with Gasteiger partial charge in [-0.2, -0.15) is 0 Å². The van der Waals surface area contributed by atoms with Crippen LogP contribution in [0, 0.1) is 0 Å². The van der Waals surface area contributed by atoms with Gasteiger partial charge in [0.15, 0.2) is 0 Å². The number of nitrogens with zero attached hydrogens (tertiary/aromatic N) is 3. The Morgan fingerprint density at radius 2 is 2.00 bits per heavy atom. The van der Waals surface area contributed by atoms with Crippen LogP contribution in [0.2, 0.25) is 0 Å². The van der Waals surface area contributed by atoms with Crippen molar-refractivity contribution in [3.05, 3.63) is 17.2 Å². The number of hydrogen-bond acceptors (Lipinski definition) is 4. The third kappa shape index (κ3) is 2.00. The summed E-state index contributed by atoms with van der Waals surface area (Å²) in [5, 5.41) is 3.35. The summed E-state index contributed by atoms with van der Waals surface area (Å²) >= 11 is 0. The maximum Gasteiger partial charge on any atom is 0.252 e. The number of aromatic nitrogens is 2. The third-order valence-corrected chi connectivity index (χ3v) is 4.83. The molecule has 6 nitrogen and oxygen atoms in total. The van der Waals surface area contributed by atoms with E-state index in [2.05, 4.69) is 9.88 Å². The number of fused-ring (bicyclic) bond motifs is 1. The summed E-state index contributed by atoms with van der Waals surface area (Å²) in [5.74, 6) is 1.43. The van der Waals surface area contributed by atoms with Crippen molar-refractivity contribution in [2.24, 2.45) is 0 Å². The second kappa shape index (κ2) is 4.66. The van der Waals surface area contributed by atoms with Crippen LogP contribution in [0.5, 0.6) is 0 Å². The van der Waals surface area contributed by atoms with Gasteiger partial charge in [-0.3, -0.25) is 14.5 Å². The van der Waals surface area contributed by atoms with Crippen molar-refractivity contribution in [2.45, 2.75) is 50.6 Å². The predicted molar refractivity (Wildman–Crippen MR) is 75.7 cm³/mol. The molecule has 1 atom stereocenters. The van der Waals surface area contributed by atoms with E-state index in [1.807, 2.05) is 0 Å². The van der Waals surface area contributed by atoms with Gasteiger partial charge >= 0.3 is 0 Å². The average molecular weight is 288 g/mol. The molecule has 112 valence electrons. The van der Waals surface area contributed by atoms with Crippen LogP contribution in [-0.2, 0) is 22.6 Å². The molecule has 0 aromatic carbocycles. The molecule has 21 heavy (non-hydrogen) atoms. The van der Waals surface area contributed by atoms with E-state index in [-0.39, 0.29) is 17.9 Å². The van der Waals surface area contributed by atoms with Gasteiger partial charge in [0.25, 0.3) is 5.91 Å². The molecule has 1 unspecified atom stereocenters. The van der Waals surface area contributed by atoms with Crippen LogP contribution < -0.4 is 5.32 Å². The molecule has 1 saturated heterocycles. The van der Waals surface area contributed by atoms with Crippen molar-refractivity contribution in [1.29, 1.82) is 0 Å². The highest BCUT2D eigenvalue weighted by Gasteiger charge is 2.39. The quantitative estimate of drug-likeness (QED) is 0.815. The average Bonchev–Trinajstić information content (AvgIpc) is 3.27. The summed E-state index contributed by atoms with van der Waals surface area (Å²) in [7, 11) is 1.60. The van der Waals surface area contributed by atoms with Crippen LogP contribution in [0.3, 0.4) is 0 Å². The summed E-state index contributed by atoms with van der Waals surface area (Å²) in [6, 6.07) is -0.238. The van der Waals surface area contributed by atoms with Crippen molar-refractivity contribution in [1.82, 2.24) is 19.8 Å². The van der Waals surface area contributed by atoms with Gasteiger partial charge in [-0.05, 0) is 19.3 Å². The molecule has 1 aromatic rings. The van der Waals surface area contributed by atoms with Crippen molar-refractivity contribution in [2.75, 3.05) is 13.6 Å². The zero-order valence-corrected chi connectivity index (χ0v) is 12.3. The summed E-state index contributed by atoms with van der Waals surface area (Å²) in [6.45, 7) is 1.72. The normalized spacial score (nSPS) is 26.1. The van der Waals surface area contributed by atoms with Crippen LogP contribution in [-0.4, -0.2) is 39.9 Å². The number of imidazole rings is 1. The minimum absolute atomic E-state index is 0.0696. The smallest absolute Gasteiger partial charge is 0.252 e. The number of piperidine rings is 1. The first-order chi connectivity index (χ1) is 10.2. The van der Waals surface area contributed by atoms with Crippen molar-refractivity contribution < 1.29 is 9.59 Å². The molecule has 2 aliphatic heterocycles. The molecule has 1 aromatic heterocycles. The first-order valence-corrected chi connectivity index (χ1v) is 7.78. The lowest BCUT2D eigenvalue weighted by molar-refractivity contribution is -0.149. The molecule has 0 spiro atoms. The Kier molecular flexibility index (Phi) is 2.89. The number of likely N-dealkylation sites (N-methyl/N-ethyl adjacent to an activating group) is 1. The molecule has 3 heterocycles. The van der Waals surface area contributed by atoms with E-state index in [1.165, 1.54) is 23.4 Å². The van der Waals surface area contributed by atoms with Gasteiger partial charge in [-0.25, -0.2) is 4.98 Å². The lowest BCUT2D eigenvalue weighted by atomic mass is 10.0. The molecule has 2 fully saturated rings. The largest absolute Gasteiger partial charge is 0.319 e. The van der Waals surface area contributed by atoms with E-state index in [1.54, 1.807) is 7.05 Å². The molecular formula is C15H20N4O2. The van der Waals surface area contributed by atoms with Crippen molar-refractivity contribution in [3.8, 4) is 0 Å². The molecule has 1 aliphatic carbocycles. The number of carbonyl (C=O) groups excluding carboxylic acids is 2. The zero-order valence-electron chi connectivity index (χ0n) is 12.3. The molecule has 6 heteroatoms. The van der Waals surface area contributed by atoms with Crippen molar-refractivity contribution >= 4 is 11.8 Å². The van der Waals surface area contributed by atoms with Gasteiger partial charge in [-0.15, -0.1) is 0 Å². The number of likely N-dealkylation sites (tertiary alicyclic amines) is 1. The lowest BCUT2D eigenvalue weighted by Gasteiger charge is -2.31. The summed E-state index contributed by atoms with van der Waals surface area (Å²) < 4.78 is 2.18. The number of nitrogens with one attached hydrogen (secondary N) is 1. The van der Waals surface area contributed by atoms with E-state index in [9.17, 15) is 9.59 Å². The SMILES string of the molecule is CN1C(=O)CCC(n2c(C3CC3)nc3c2CCNC3)C1=O. The molecule has 0 bridgehead atoms. The van der Waals surface area contributed by atoms with Crippen LogP contribution in [0.4, 0.5) is 0 Å². The highest BCUT2D eigenvalue weighted by Crippen LogP contribution is 2.42. The fraction of sp³-hybridized carbons (Fsp3) is 0.667. The van der Waals surface area contributed by atoms with Gasteiger partial charge in [-0.1, -0.05) is 0 Å². The van der Waals surface area contributed by atoms with E-state index in [4.69, 9.17) is 4.98 Å². The number of hydrogen-bond donors (Lipinski definition) is 1. The Morgan fingerprint density at radius 1 is 1.19 bits per heavy atom. The third-order valence-electron chi connectivity index (χ3n) is 4.83. The highest BCUT2D eigenvalue weighted by atomic mass is 16.2. The zero-order chi connectivity index (χ0) is 14.6. The highest BCUT2D eigenvalue weighted by molar-refractivity contribution is 5.99.